The van der Waals surface area contributed by atoms with E-state index < -0.39 is 12.0 Å². The first kappa shape index (κ1) is 15.5. The smallest absolute Gasteiger partial charge is 0.321 e. The number of nitrogens with one attached hydrogen (secondary N) is 1. The average molecular weight is 384 g/mol. The van der Waals surface area contributed by atoms with Crippen LogP contribution in [0.15, 0.2) is 45.3 Å². The van der Waals surface area contributed by atoms with Crippen LogP contribution in [0.1, 0.15) is 16.9 Å². The number of rotatable bonds is 5. The molecule has 0 aliphatic carbocycles. The Hall–Kier alpha value is -1.44. The Balaban J connectivity index is 1.57. The number of carbonyl (C=O) groups is 1. The normalized spacial score (nSPS) is 21.0. The molecular formula is C15H14BrNO4S. The minimum absolute atomic E-state index is 0.123. The number of thioether (sulfide) groups is 1. The third-order valence-corrected chi connectivity index (χ3v) is 4.97. The van der Waals surface area contributed by atoms with Gasteiger partial charge in [-0.2, -0.15) is 0 Å². The summed E-state index contributed by atoms with van der Waals surface area (Å²) in [5.41, 5.74) is 0. The molecule has 0 spiro atoms. The molecule has 5 nitrogen and oxygen atoms in total. The number of ether oxygens (including phenoxy) is 1. The zero-order chi connectivity index (χ0) is 15.5. The van der Waals surface area contributed by atoms with Crippen LogP contribution in [-0.4, -0.2) is 22.9 Å². The zero-order valence-electron chi connectivity index (χ0n) is 11.5. The predicted octanol–water partition coefficient (Wildman–Crippen LogP) is 3.41. The van der Waals surface area contributed by atoms with Crippen molar-refractivity contribution in [1.82, 2.24) is 5.32 Å². The van der Waals surface area contributed by atoms with Crippen LogP contribution in [0.4, 0.5) is 0 Å². The molecule has 2 N–H and O–H groups in total. The van der Waals surface area contributed by atoms with E-state index in [0.717, 1.165) is 16.0 Å². The van der Waals surface area contributed by atoms with E-state index in [1.165, 1.54) is 11.8 Å². The second-order valence-corrected chi connectivity index (χ2v) is 6.87. The van der Waals surface area contributed by atoms with Gasteiger partial charge in [-0.15, -0.1) is 11.8 Å². The van der Waals surface area contributed by atoms with Gasteiger partial charge in [-0.1, -0.05) is 15.9 Å². The lowest BCUT2D eigenvalue weighted by Crippen LogP contribution is -2.33. The van der Waals surface area contributed by atoms with Crippen LogP contribution in [-0.2, 0) is 11.4 Å². The summed E-state index contributed by atoms with van der Waals surface area (Å²) in [5.74, 6) is 1.90. The third kappa shape index (κ3) is 3.66. The molecule has 3 rings (SSSR count). The van der Waals surface area contributed by atoms with Crippen molar-refractivity contribution in [2.24, 2.45) is 0 Å². The summed E-state index contributed by atoms with van der Waals surface area (Å²) < 4.78 is 12.4. The second kappa shape index (κ2) is 6.76. The Morgan fingerprint density at radius 1 is 1.36 bits per heavy atom. The number of hydrogen-bond acceptors (Lipinski definition) is 5. The Kier molecular flexibility index (Phi) is 4.75. The van der Waals surface area contributed by atoms with Crippen LogP contribution >= 0.6 is 27.7 Å². The van der Waals surface area contributed by atoms with Gasteiger partial charge < -0.3 is 14.3 Å². The van der Waals surface area contributed by atoms with Crippen molar-refractivity contribution in [3.8, 4) is 5.75 Å². The third-order valence-electron chi connectivity index (χ3n) is 3.22. The van der Waals surface area contributed by atoms with E-state index >= 15 is 0 Å². The first-order chi connectivity index (χ1) is 10.6. The first-order valence-electron chi connectivity index (χ1n) is 6.69. The zero-order valence-corrected chi connectivity index (χ0v) is 13.9. The standard InChI is InChI=1S/C15H14BrNO4S/c16-9-1-3-10(4-2-9)20-7-11-5-6-13(21-11)14-17-12(8-22-14)15(18)19/h1-6,12,14,17H,7-8H2,(H,18,19)/t12-,14+/m0/s1. The van der Waals surface area contributed by atoms with Crippen molar-refractivity contribution in [3.63, 3.8) is 0 Å². The highest BCUT2D eigenvalue weighted by atomic mass is 79.9. The SMILES string of the molecule is O=C(O)[C@@H]1CS[C@H](c2ccc(COc3ccc(Br)cc3)o2)N1. The van der Waals surface area contributed by atoms with Gasteiger partial charge in [0.15, 0.2) is 0 Å². The highest BCUT2D eigenvalue weighted by molar-refractivity contribution is 9.10. The van der Waals surface area contributed by atoms with Gasteiger partial charge in [-0.25, -0.2) is 0 Å². The number of halogens is 1. The van der Waals surface area contributed by atoms with Gasteiger partial charge in [0, 0.05) is 10.2 Å². The van der Waals surface area contributed by atoms with Crippen LogP contribution < -0.4 is 10.1 Å². The minimum atomic E-state index is -0.833. The highest BCUT2D eigenvalue weighted by Gasteiger charge is 2.32. The highest BCUT2D eigenvalue weighted by Crippen LogP contribution is 2.34. The fraction of sp³-hybridized carbons (Fsp3) is 0.267. The molecule has 22 heavy (non-hydrogen) atoms. The Morgan fingerprint density at radius 3 is 2.82 bits per heavy atom. The van der Waals surface area contributed by atoms with E-state index in [0.29, 0.717) is 18.1 Å². The fourth-order valence-corrected chi connectivity index (χ4v) is 3.52. The molecule has 1 aromatic carbocycles. The predicted molar refractivity (Wildman–Crippen MR) is 86.9 cm³/mol. The topological polar surface area (TPSA) is 71.7 Å². The molecule has 7 heteroatoms. The van der Waals surface area contributed by atoms with E-state index in [1.807, 2.05) is 36.4 Å². The molecule has 116 valence electrons. The molecule has 0 radical (unpaired) electrons. The number of hydrogen-bond donors (Lipinski definition) is 2. The maximum Gasteiger partial charge on any atom is 0.321 e. The number of carboxylic acid groups (broad SMARTS) is 1. The molecule has 1 aromatic heterocycles. The van der Waals surface area contributed by atoms with E-state index in [4.69, 9.17) is 14.3 Å². The van der Waals surface area contributed by atoms with Crippen LogP contribution in [0.25, 0.3) is 0 Å². The molecule has 1 aliphatic rings. The Labute approximate surface area is 140 Å². The van der Waals surface area contributed by atoms with E-state index in [1.54, 1.807) is 0 Å². The molecule has 0 unspecified atom stereocenters. The van der Waals surface area contributed by atoms with Crippen molar-refractivity contribution < 1.29 is 19.1 Å². The Bertz CT molecular complexity index is 658. The summed E-state index contributed by atoms with van der Waals surface area (Å²) in [6, 6.07) is 10.8. The van der Waals surface area contributed by atoms with Gasteiger partial charge in [0.1, 0.15) is 35.3 Å². The number of aliphatic carboxylic acids is 1. The molecule has 0 saturated carbocycles. The van der Waals surface area contributed by atoms with Gasteiger partial charge in [-0.05, 0) is 36.4 Å². The summed E-state index contributed by atoms with van der Waals surface area (Å²) >= 11 is 4.90. The van der Waals surface area contributed by atoms with Gasteiger partial charge in [-0.3, -0.25) is 10.1 Å². The lowest BCUT2D eigenvalue weighted by atomic mass is 10.3. The molecule has 1 aliphatic heterocycles. The molecule has 1 saturated heterocycles. The summed E-state index contributed by atoms with van der Waals surface area (Å²) in [7, 11) is 0. The lowest BCUT2D eigenvalue weighted by molar-refractivity contribution is -0.138. The minimum Gasteiger partial charge on any atom is -0.486 e. The summed E-state index contributed by atoms with van der Waals surface area (Å²) in [6.45, 7) is 0.335. The molecule has 0 bridgehead atoms. The van der Waals surface area contributed by atoms with Crippen molar-refractivity contribution in [3.05, 3.63) is 52.4 Å². The van der Waals surface area contributed by atoms with Crippen LogP contribution in [0.3, 0.4) is 0 Å². The molecule has 2 heterocycles. The van der Waals surface area contributed by atoms with E-state index in [-0.39, 0.29) is 5.37 Å². The van der Waals surface area contributed by atoms with Gasteiger partial charge in [0.2, 0.25) is 0 Å². The molecular weight excluding hydrogens is 370 g/mol. The van der Waals surface area contributed by atoms with Crippen molar-refractivity contribution in [2.45, 2.75) is 18.0 Å². The maximum absolute atomic E-state index is 10.9. The number of furan rings is 1. The van der Waals surface area contributed by atoms with Crippen LogP contribution in [0.5, 0.6) is 5.75 Å². The molecule has 0 amide bonds. The quantitative estimate of drug-likeness (QED) is 0.823. The molecule has 1 fully saturated rings. The number of carboxylic acids is 1. The summed E-state index contributed by atoms with van der Waals surface area (Å²) in [6.07, 6.45) is 0. The Morgan fingerprint density at radius 2 is 2.14 bits per heavy atom. The van der Waals surface area contributed by atoms with Crippen molar-refractivity contribution in [2.75, 3.05) is 5.75 Å². The molecule has 2 atom stereocenters. The van der Waals surface area contributed by atoms with Crippen LogP contribution in [0, 0.1) is 0 Å². The summed E-state index contributed by atoms with van der Waals surface area (Å²) in [4.78, 5) is 10.9. The van der Waals surface area contributed by atoms with Crippen molar-refractivity contribution in [1.29, 1.82) is 0 Å². The van der Waals surface area contributed by atoms with Crippen LogP contribution in [0.2, 0.25) is 0 Å². The fourth-order valence-electron chi connectivity index (χ4n) is 2.08. The average Bonchev–Trinajstić information content (AvgIpc) is 3.15. The largest absolute Gasteiger partial charge is 0.486 e. The maximum atomic E-state index is 10.9. The first-order valence-corrected chi connectivity index (χ1v) is 8.53. The summed E-state index contributed by atoms with van der Waals surface area (Å²) in [5, 5.41) is 11.9. The lowest BCUT2D eigenvalue weighted by Gasteiger charge is -2.08. The van der Waals surface area contributed by atoms with Gasteiger partial charge >= 0.3 is 5.97 Å². The van der Waals surface area contributed by atoms with Gasteiger partial charge in [0.25, 0.3) is 0 Å². The molecule has 2 aromatic rings. The van der Waals surface area contributed by atoms with E-state index in [9.17, 15) is 4.79 Å². The van der Waals surface area contributed by atoms with E-state index in [2.05, 4.69) is 21.2 Å². The van der Waals surface area contributed by atoms with Crippen molar-refractivity contribution >= 4 is 33.7 Å². The van der Waals surface area contributed by atoms with Gasteiger partial charge in [0.05, 0.1) is 0 Å². The monoisotopic (exact) mass is 383 g/mol. The number of benzene rings is 1. The second-order valence-electron chi connectivity index (χ2n) is 4.82.